The van der Waals surface area contributed by atoms with Crippen LogP contribution in [0.3, 0.4) is 0 Å². The molecule has 0 aromatic carbocycles. The predicted molar refractivity (Wildman–Crippen MR) is 74.7 cm³/mol. The van der Waals surface area contributed by atoms with Crippen LogP contribution in [0.2, 0.25) is 0 Å². The third-order valence-electron chi connectivity index (χ3n) is 2.41. The average molecular weight is 256 g/mol. The molecule has 0 fully saturated rings. The summed E-state index contributed by atoms with van der Waals surface area (Å²) in [6.07, 6.45) is 10.7. The van der Waals surface area contributed by atoms with Crippen molar-refractivity contribution in [2.24, 2.45) is 5.92 Å². The zero-order chi connectivity index (χ0) is 13.6. The quantitative estimate of drug-likeness (QED) is 0.322. The fraction of sp³-hybridized carbons (Fsp3) is 0.800. The average Bonchev–Trinajstić information content (AvgIpc) is 2.34. The zero-order valence-electron chi connectivity index (χ0n) is 12.1. The van der Waals surface area contributed by atoms with Gasteiger partial charge in [-0.25, -0.2) is 4.79 Å². The van der Waals surface area contributed by atoms with E-state index in [1.807, 2.05) is 13.8 Å². The number of rotatable bonds is 10. The SMILES string of the molecule is CCCCC/C=C\CCCOC(=O)OCC(C)C. The van der Waals surface area contributed by atoms with Crippen molar-refractivity contribution < 1.29 is 14.3 Å². The van der Waals surface area contributed by atoms with Crippen LogP contribution in [0.5, 0.6) is 0 Å². The van der Waals surface area contributed by atoms with Crippen LogP contribution in [0.4, 0.5) is 4.79 Å². The number of hydrogen-bond acceptors (Lipinski definition) is 3. The van der Waals surface area contributed by atoms with Crippen LogP contribution in [-0.2, 0) is 9.47 Å². The number of allylic oxidation sites excluding steroid dienone is 2. The maximum absolute atomic E-state index is 11.1. The van der Waals surface area contributed by atoms with Gasteiger partial charge in [0, 0.05) is 0 Å². The Labute approximate surface area is 112 Å². The standard InChI is InChI=1S/C15H28O3/c1-4-5-6-7-8-9-10-11-12-17-15(16)18-13-14(2)3/h8-9,14H,4-7,10-13H2,1-3H3/b9-8-. The maximum Gasteiger partial charge on any atom is 0.508 e. The fourth-order valence-corrected chi connectivity index (χ4v) is 1.38. The van der Waals surface area contributed by atoms with E-state index in [-0.39, 0.29) is 0 Å². The van der Waals surface area contributed by atoms with E-state index in [0.717, 1.165) is 19.3 Å². The van der Waals surface area contributed by atoms with E-state index in [2.05, 4.69) is 19.1 Å². The molecule has 0 saturated carbocycles. The van der Waals surface area contributed by atoms with Gasteiger partial charge in [-0.05, 0) is 31.6 Å². The summed E-state index contributed by atoms with van der Waals surface area (Å²) < 4.78 is 9.84. The van der Waals surface area contributed by atoms with Gasteiger partial charge in [-0.2, -0.15) is 0 Å². The lowest BCUT2D eigenvalue weighted by atomic mass is 10.2. The van der Waals surface area contributed by atoms with Gasteiger partial charge in [0.15, 0.2) is 0 Å². The first-order valence-electron chi connectivity index (χ1n) is 7.11. The van der Waals surface area contributed by atoms with Crippen molar-refractivity contribution in [3.8, 4) is 0 Å². The molecule has 0 aromatic rings. The highest BCUT2D eigenvalue weighted by molar-refractivity contribution is 5.59. The first kappa shape index (κ1) is 17.0. The number of unbranched alkanes of at least 4 members (excludes halogenated alkanes) is 4. The van der Waals surface area contributed by atoms with Gasteiger partial charge in [0.05, 0.1) is 13.2 Å². The van der Waals surface area contributed by atoms with Gasteiger partial charge < -0.3 is 9.47 Å². The van der Waals surface area contributed by atoms with E-state index in [0.29, 0.717) is 19.1 Å². The molecule has 0 saturated heterocycles. The lowest BCUT2D eigenvalue weighted by Gasteiger charge is -2.07. The molecule has 0 aromatic heterocycles. The summed E-state index contributed by atoms with van der Waals surface area (Å²) in [5.41, 5.74) is 0. The summed E-state index contributed by atoms with van der Waals surface area (Å²) in [5, 5.41) is 0. The first-order chi connectivity index (χ1) is 8.66. The Bertz CT molecular complexity index is 222. The summed E-state index contributed by atoms with van der Waals surface area (Å²) in [7, 11) is 0. The van der Waals surface area contributed by atoms with Crippen LogP contribution in [0.15, 0.2) is 12.2 Å². The number of carbonyl (C=O) groups excluding carboxylic acids is 1. The topological polar surface area (TPSA) is 35.5 Å². The Morgan fingerprint density at radius 1 is 1.06 bits per heavy atom. The van der Waals surface area contributed by atoms with Crippen molar-refractivity contribution in [1.82, 2.24) is 0 Å². The maximum atomic E-state index is 11.1. The molecule has 0 aliphatic rings. The number of carbonyl (C=O) groups is 1. The summed E-state index contributed by atoms with van der Waals surface area (Å²) >= 11 is 0. The van der Waals surface area contributed by atoms with E-state index < -0.39 is 6.16 Å². The lowest BCUT2D eigenvalue weighted by Crippen LogP contribution is -2.12. The third-order valence-corrected chi connectivity index (χ3v) is 2.41. The Kier molecular flexibility index (Phi) is 11.8. The van der Waals surface area contributed by atoms with E-state index in [9.17, 15) is 4.79 Å². The molecule has 0 radical (unpaired) electrons. The zero-order valence-corrected chi connectivity index (χ0v) is 12.1. The molecule has 0 heterocycles. The van der Waals surface area contributed by atoms with E-state index in [1.54, 1.807) is 0 Å². The Morgan fingerprint density at radius 2 is 1.72 bits per heavy atom. The molecule has 0 aliphatic heterocycles. The fourth-order valence-electron chi connectivity index (χ4n) is 1.38. The van der Waals surface area contributed by atoms with Gasteiger partial charge in [0.25, 0.3) is 0 Å². The van der Waals surface area contributed by atoms with Gasteiger partial charge in [-0.15, -0.1) is 0 Å². The summed E-state index contributed by atoms with van der Waals surface area (Å²) in [5.74, 6) is 0.351. The van der Waals surface area contributed by atoms with Gasteiger partial charge in [0.1, 0.15) is 0 Å². The van der Waals surface area contributed by atoms with Crippen molar-refractivity contribution in [2.45, 2.75) is 59.3 Å². The van der Waals surface area contributed by atoms with Crippen molar-refractivity contribution in [3.63, 3.8) is 0 Å². The Morgan fingerprint density at radius 3 is 2.33 bits per heavy atom. The normalized spacial score (nSPS) is 11.1. The van der Waals surface area contributed by atoms with E-state index in [1.165, 1.54) is 19.3 Å². The highest BCUT2D eigenvalue weighted by Gasteiger charge is 2.03. The third kappa shape index (κ3) is 13.1. The van der Waals surface area contributed by atoms with Crippen molar-refractivity contribution in [2.75, 3.05) is 13.2 Å². The minimum Gasteiger partial charge on any atom is -0.434 e. The minimum atomic E-state index is -0.546. The molecule has 0 unspecified atom stereocenters. The second kappa shape index (κ2) is 12.5. The van der Waals surface area contributed by atoms with Crippen LogP contribution in [0.1, 0.15) is 59.3 Å². The van der Waals surface area contributed by atoms with Crippen LogP contribution in [0.25, 0.3) is 0 Å². The minimum absolute atomic E-state index is 0.351. The molecule has 0 rings (SSSR count). The van der Waals surface area contributed by atoms with Crippen LogP contribution in [-0.4, -0.2) is 19.4 Å². The van der Waals surface area contributed by atoms with Crippen LogP contribution >= 0.6 is 0 Å². The molecule has 0 aliphatic carbocycles. The number of hydrogen-bond donors (Lipinski definition) is 0. The summed E-state index contributed by atoms with van der Waals surface area (Å²) in [6, 6.07) is 0. The van der Waals surface area contributed by atoms with Crippen molar-refractivity contribution in [1.29, 1.82) is 0 Å². The van der Waals surface area contributed by atoms with Gasteiger partial charge in [-0.3, -0.25) is 0 Å². The monoisotopic (exact) mass is 256 g/mol. The molecular formula is C15H28O3. The number of ether oxygens (including phenoxy) is 2. The molecule has 0 amide bonds. The molecule has 0 N–H and O–H groups in total. The molecule has 3 nitrogen and oxygen atoms in total. The molecule has 0 bridgehead atoms. The molecule has 3 heteroatoms. The molecule has 106 valence electrons. The predicted octanol–water partition coefficient (Wildman–Crippen LogP) is 4.71. The van der Waals surface area contributed by atoms with Gasteiger partial charge >= 0.3 is 6.16 Å². The lowest BCUT2D eigenvalue weighted by molar-refractivity contribution is 0.0470. The Hall–Kier alpha value is -0.990. The highest BCUT2D eigenvalue weighted by atomic mass is 16.7. The summed E-state index contributed by atoms with van der Waals surface area (Å²) in [4.78, 5) is 11.1. The molecule has 0 atom stereocenters. The molecule has 18 heavy (non-hydrogen) atoms. The van der Waals surface area contributed by atoms with Crippen LogP contribution in [0, 0.1) is 5.92 Å². The van der Waals surface area contributed by atoms with Gasteiger partial charge in [-0.1, -0.05) is 45.8 Å². The smallest absolute Gasteiger partial charge is 0.434 e. The van der Waals surface area contributed by atoms with E-state index in [4.69, 9.17) is 9.47 Å². The van der Waals surface area contributed by atoms with Gasteiger partial charge in [0.2, 0.25) is 0 Å². The molecular weight excluding hydrogens is 228 g/mol. The van der Waals surface area contributed by atoms with Crippen molar-refractivity contribution >= 4 is 6.16 Å². The summed E-state index contributed by atoms with van der Waals surface area (Å²) in [6.45, 7) is 7.07. The first-order valence-corrected chi connectivity index (χ1v) is 7.11. The molecule has 0 spiro atoms. The Balaban J connectivity index is 3.26. The van der Waals surface area contributed by atoms with Crippen LogP contribution < -0.4 is 0 Å². The highest BCUT2D eigenvalue weighted by Crippen LogP contribution is 2.02. The second-order valence-electron chi connectivity index (χ2n) is 4.91. The van der Waals surface area contributed by atoms with E-state index >= 15 is 0 Å². The largest absolute Gasteiger partial charge is 0.508 e. The van der Waals surface area contributed by atoms with Crippen molar-refractivity contribution in [3.05, 3.63) is 12.2 Å². The second-order valence-corrected chi connectivity index (χ2v) is 4.91.